The van der Waals surface area contributed by atoms with E-state index in [-0.39, 0.29) is 5.82 Å². The van der Waals surface area contributed by atoms with Crippen LogP contribution >= 0.6 is 15.9 Å². The summed E-state index contributed by atoms with van der Waals surface area (Å²) in [5, 5.41) is 10.5. The molecule has 0 aliphatic rings. The van der Waals surface area contributed by atoms with Crippen LogP contribution in [0.5, 0.6) is 5.75 Å². The molecule has 0 aliphatic carbocycles. The van der Waals surface area contributed by atoms with Crippen LogP contribution in [0.15, 0.2) is 40.9 Å². The van der Waals surface area contributed by atoms with E-state index in [2.05, 4.69) is 15.9 Å². The van der Waals surface area contributed by atoms with Gasteiger partial charge in [0.15, 0.2) is 0 Å². The van der Waals surface area contributed by atoms with Crippen molar-refractivity contribution in [3.63, 3.8) is 0 Å². The highest BCUT2D eigenvalue weighted by Crippen LogP contribution is 2.33. The number of hydrogen-bond acceptors (Lipinski definition) is 2. The van der Waals surface area contributed by atoms with Gasteiger partial charge in [-0.3, -0.25) is 0 Å². The molecule has 106 valence electrons. The standard InChI is InChI=1S/C16H16BrFO2/c1-3-20-15-5-4-12(17)9-14(15)16(19)11-6-10(2)7-13(18)8-11/h4-9,16,19H,3H2,1-2H3. The molecular weight excluding hydrogens is 323 g/mol. The molecule has 0 heterocycles. The Bertz CT molecular complexity index is 593. The van der Waals surface area contributed by atoms with Gasteiger partial charge in [0, 0.05) is 10.0 Å². The van der Waals surface area contributed by atoms with Crippen molar-refractivity contribution in [3.05, 3.63) is 63.4 Å². The SMILES string of the molecule is CCOc1ccc(Br)cc1C(O)c1cc(C)cc(F)c1. The molecule has 0 saturated heterocycles. The second kappa shape index (κ2) is 6.37. The molecule has 2 rings (SSSR count). The van der Waals surface area contributed by atoms with Gasteiger partial charge in [-0.25, -0.2) is 4.39 Å². The smallest absolute Gasteiger partial charge is 0.125 e. The van der Waals surface area contributed by atoms with Gasteiger partial charge in [-0.05, 0) is 55.3 Å². The Morgan fingerprint density at radius 2 is 2.00 bits per heavy atom. The van der Waals surface area contributed by atoms with Gasteiger partial charge in [0.2, 0.25) is 0 Å². The maximum absolute atomic E-state index is 13.5. The molecule has 1 N–H and O–H groups in total. The van der Waals surface area contributed by atoms with Crippen molar-refractivity contribution in [2.45, 2.75) is 20.0 Å². The van der Waals surface area contributed by atoms with Crippen molar-refractivity contribution >= 4 is 15.9 Å². The summed E-state index contributed by atoms with van der Waals surface area (Å²) in [4.78, 5) is 0. The first-order valence-electron chi connectivity index (χ1n) is 6.38. The molecule has 2 aromatic carbocycles. The van der Waals surface area contributed by atoms with E-state index in [9.17, 15) is 9.50 Å². The van der Waals surface area contributed by atoms with Crippen molar-refractivity contribution in [3.8, 4) is 5.75 Å². The Morgan fingerprint density at radius 3 is 2.65 bits per heavy atom. The zero-order valence-corrected chi connectivity index (χ0v) is 12.9. The molecule has 0 bridgehead atoms. The summed E-state index contributed by atoms with van der Waals surface area (Å²) >= 11 is 3.38. The Hall–Kier alpha value is -1.39. The predicted molar refractivity (Wildman–Crippen MR) is 80.5 cm³/mol. The van der Waals surface area contributed by atoms with Crippen molar-refractivity contribution in [2.24, 2.45) is 0 Å². The second-order valence-electron chi connectivity index (χ2n) is 4.58. The number of benzene rings is 2. The van der Waals surface area contributed by atoms with E-state index in [1.807, 2.05) is 13.0 Å². The Balaban J connectivity index is 2.46. The van der Waals surface area contributed by atoms with Crippen LogP contribution in [0.25, 0.3) is 0 Å². The summed E-state index contributed by atoms with van der Waals surface area (Å²) in [6, 6.07) is 9.96. The van der Waals surface area contributed by atoms with Crippen LogP contribution in [-0.4, -0.2) is 11.7 Å². The topological polar surface area (TPSA) is 29.5 Å². The quantitative estimate of drug-likeness (QED) is 0.896. The van der Waals surface area contributed by atoms with Gasteiger partial charge in [-0.15, -0.1) is 0 Å². The number of aliphatic hydroxyl groups excluding tert-OH is 1. The van der Waals surface area contributed by atoms with E-state index >= 15 is 0 Å². The van der Waals surface area contributed by atoms with Gasteiger partial charge in [0.1, 0.15) is 17.7 Å². The van der Waals surface area contributed by atoms with Crippen molar-refractivity contribution in [2.75, 3.05) is 6.61 Å². The average molecular weight is 339 g/mol. The van der Waals surface area contributed by atoms with Crippen LogP contribution in [-0.2, 0) is 0 Å². The lowest BCUT2D eigenvalue weighted by molar-refractivity contribution is 0.211. The lowest BCUT2D eigenvalue weighted by Crippen LogP contribution is -2.05. The normalized spacial score (nSPS) is 12.2. The van der Waals surface area contributed by atoms with Gasteiger partial charge in [0.25, 0.3) is 0 Å². The minimum absolute atomic E-state index is 0.355. The van der Waals surface area contributed by atoms with E-state index in [4.69, 9.17) is 4.74 Å². The molecule has 0 spiro atoms. The van der Waals surface area contributed by atoms with Gasteiger partial charge in [-0.2, -0.15) is 0 Å². The molecule has 0 aliphatic heterocycles. The summed E-state index contributed by atoms with van der Waals surface area (Å²) < 4.78 is 19.8. The zero-order valence-electron chi connectivity index (χ0n) is 11.4. The molecule has 1 unspecified atom stereocenters. The first-order valence-corrected chi connectivity index (χ1v) is 7.18. The fourth-order valence-electron chi connectivity index (χ4n) is 2.12. The van der Waals surface area contributed by atoms with Gasteiger partial charge in [0.05, 0.1) is 6.61 Å². The monoisotopic (exact) mass is 338 g/mol. The number of rotatable bonds is 4. The van der Waals surface area contributed by atoms with E-state index in [0.717, 1.165) is 10.0 Å². The summed E-state index contributed by atoms with van der Waals surface area (Å²) in [5.74, 6) is 0.247. The highest BCUT2D eigenvalue weighted by molar-refractivity contribution is 9.10. The molecule has 2 nitrogen and oxygen atoms in total. The highest BCUT2D eigenvalue weighted by atomic mass is 79.9. The number of hydrogen-bond donors (Lipinski definition) is 1. The Kier molecular flexibility index (Phi) is 4.78. The fourth-order valence-corrected chi connectivity index (χ4v) is 2.50. The van der Waals surface area contributed by atoms with E-state index in [1.165, 1.54) is 12.1 Å². The number of ether oxygens (including phenoxy) is 1. The molecule has 1 atom stereocenters. The van der Waals surface area contributed by atoms with Crippen LogP contribution in [0.4, 0.5) is 4.39 Å². The fraction of sp³-hybridized carbons (Fsp3) is 0.250. The summed E-state index contributed by atoms with van der Waals surface area (Å²) in [5.41, 5.74) is 1.90. The molecule has 4 heteroatoms. The Morgan fingerprint density at radius 1 is 1.25 bits per heavy atom. The van der Waals surface area contributed by atoms with E-state index in [0.29, 0.717) is 23.5 Å². The van der Waals surface area contributed by atoms with Gasteiger partial charge >= 0.3 is 0 Å². The minimum atomic E-state index is -0.927. The minimum Gasteiger partial charge on any atom is -0.493 e. The van der Waals surface area contributed by atoms with Crippen LogP contribution in [0.1, 0.15) is 29.7 Å². The zero-order chi connectivity index (χ0) is 14.7. The lowest BCUT2D eigenvalue weighted by Gasteiger charge is -2.17. The maximum atomic E-state index is 13.5. The number of aliphatic hydroxyl groups is 1. The molecule has 0 saturated carbocycles. The van der Waals surface area contributed by atoms with Crippen LogP contribution in [0.3, 0.4) is 0 Å². The largest absolute Gasteiger partial charge is 0.493 e. The van der Waals surface area contributed by atoms with E-state index < -0.39 is 6.10 Å². The first-order chi connectivity index (χ1) is 9.51. The molecule has 0 aromatic heterocycles. The summed E-state index contributed by atoms with van der Waals surface area (Å²) in [7, 11) is 0. The first kappa shape index (κ1) is 15.0. The third-order valence-electron chi connectivity index (χ3n) is 2.95. The molecular formula is C16H16BrFO2. The van der Waals surface area contributed by atoms with Crippen LogP contribution in [0.2, 0.25) is 0 Å². The molecule has 0 fully saturated rings. The maximum Gasteiger partial charge on any atom is 0.125 e. The predicted octanol–water partition coefficient (Wildman–Crippen LogP) is 4.38. The van der Waals surface area contributed by atoms with Crippen LogP contribution in [0, 0.1) is 12.7 Å². The van der Waals surface area contributed by atoms with Gasteiger partial charge < -0.3 is 9.84 Å². The molecule has 2 aromatic rings. The lowest BCUT2D eigenvalue weighted by atomic mass is 9.99. The van der Waals surface area contributed by atoms with E-state index in [1.54, 1.807) is 25.1 Å². The molecule has 0 radical (unpaired) electrons. The van der Waals surface area contributed by atoms with Crippen molar-refractivity contribution in [1.82, 2.24) is 0 Å². The van der Waals surface area contributed by atoms with Crippen LogP contribution < -0.4 is 4.74 Å². The second-order valence-corrected chi connectivity index (χ2v) is 5.50. The van der Waals surface area contributed by atoms with Crippen molar-refractivity contribution < 1.29 is 14.2 Å². The number of halogens is 2. The Labute approximate surface area is 126 Å². The number of aryl methyl sites for hydroxylation is 1. The van der Waals surface area contributed by atoms with Crippen molar-refractivity contribution in [1.29, 1.82) is 0 Å². The molecule has 0 amide bonds. The van der Waals surface area contributed by atoms with Gasteiger partial charge in [-0.1, -0.05) is 22.0 Å². The third kappa shape index (κ3) is 3.38. The average Bonchev–Trinajstić information content (AvgIpc) is 2.39. The highest BCUT2D eigenvalue weighted by Gasteiger charge is 2.17. The summed E-state index contributed by atoms with van der Waals surface area (Å²) in [6.07, 6.45) is -0.927. The third-order valence-corrected chi connectivity index (χ3v) is 3.44. The molecule has 20 heavy (non-hydrogen) atoms. The summed E-state index contributed by atoms with van der Waals surface area (Å²) in [6.45, 7) is 4.18.